The summed E-state index contributed by atoms with van der Waals surface area (Å²) in [4.78, 5) is 0. The van der Waals surface area contributed by atoms with Gasteiger partial charge < -0.3 is 14.9 Å². The van der Waals surface area contributed by atoms with Crippen molar-refractivity contribution in [3.05, 3.63) is 48.0 Å². The van der Waals surface area contributed by atoms with Gasteiger partial charge in [0.05, 0.1) is 0 Å². The van der Waals surface area contributed by atoms with Gasteiger partial charge in [0.1, 0.15) is 23.0 Å². The zero-order valence-corrected chi connectivity index (χ0v) is 11.3. The van der Waals surface area contributed by atoms with Crippen molar-refractivity contribution >= 4 is 0 Å². The van der Waals surface area contributed by atoms with Crippen LogP contribution in [0.1, 0.15) is 26.3 Å². The number of hydrogen-bond acceptors (Lipinski definition) is 3. The molecule has 2 rings (SSSR count). The molecule has 0 bridgehead atoms. The molecule has 0 amide bonds. The molecule has 0 unspecified atom stereocenters. The first kappa shape index (κ1) is 13.3. The summed E-state index contributed by atoms with van der Waals surface area (Å²) in [5.74, 6) is 1.43. The molecule has 3 nitrogen and oxygen atoms in total. The number of aromatic hydroxyl groups is 2. The second kappa shape index (κ2) is 4.84. The molecule has 0 saturated carbocycles. The summed E-state index contributed by atoms with van der Waals surface area (Å²) in [5.41, 5.74) is 0.754. The molecule has 19 heavy (non-hydrogen) atoms. The fourth-order valence-electron chi connectivity index (χ4n) is 1.89. The third-order valence-corrected chi connectivity index (χ3v) is 2.83. The Morgan fingerprint density at radius 1 is 0.895 bits per heavy atom. The van der Waals surface area contributed by atoms with Gasteiger partial charge >= 0.3 is 0 Å². The van der Waals surface area contributed by atoms with Gasteiger partial charge in [0.25, 0.3) is 0 Å². The molecule has 2 aromatic carbocycles. The number of phenols is 2. The van der Waals surface area contributed by atoms with Crippen LogP contribution in [0.4, 0.5) is 0 Å². The van der Waals surface area contributed by atoms with Crippen molar-refractivity contribution in [1.82, 2.24) is 0 Å². The summed E-state index contributed by atoms with van der Waals surface area (Å²) in [6.45, 7) is 6.12. The Hall–Kier alpha value is -2.16. The molecule has 0 heterocycles. The topological polar surface area (TPSA) is 49.7 Å². The summed E-state index contributed by atoms with van der Waals surface area (Å²) in [7, 11) is 0. The van der Waals surface area contributed by atoms with E-state index in [0.29, 0.717) is 11.5 Å². The minimum atomic E-state index is -0.117. The molecule has 0 aliphatic carbocycles. The lowest BCUT2D eigenvalue weighted by Gasteiger charge is -2.20. The first-order chi connectivity index (χ1) is 8.86. The van der Waals surface area contributed by atoms with Crippen molar-refractivity contribution in [2.75, 3.05) is 0 Å². The Balaban J connectivity index is 2.26. The van der Waals surface area contributed by atoms with Gasteiger partial charge in [0.2, 0.25) is 0 Å². The Kier molecular flexibility index (Phi) is 3.38. The van der Waals surface area contributed by atoms with Gasteiger partial charge in [-0.15, -0.1) is 0 Å². The first-order valence-corrected chi connectivity index (χ1v) is 6.16. The van der Waals surface area contributed by atoms with E-state index in [-0.39, 0.29) is 16.9 Å². The molecule has 3 heteroatoms. The van der Waals surface area contributed by atoms with E-state index < -0.39 is 0 Å². The maximum atomic E-state index is 10.0. The first-order valence-electron chi connectivity index (χ1n) is 6.16. The van der Waals surface area contributed by atoms with Gasteiger partial charge in [0.15, 0.2) is 0 Å². The monoisotopic (exact) mass is 258 g/mol. The van der Waals surface area contributed by atoms with Crippen LogP contribution in [-0.4, -0.2) is 10.2 Å². The largest absolute Gasteiger partial charge is 0.508 e. The van der Waals surface area contributed by atoms with Crippen LogP contribution in [0.25, 0.3) is 0 Å². The third kappa shape index (κ3) is 3.19. The van der Waals surface area contributed by atoms with Gasteiger partial charge in [-0.2, -0.15) is 0 Å². The highest BCUT2D eigenvalue weighted by atomic mass is 16.5. The van der Waals surface area contributed by atoms with E-state index in [0.717, 1.165) is 5.56 Å². The van der Waals surface area contributed by atoms with Crippen LogP contribution >= 0.6 is 0 Å². The molecule has 0 fully saturated rings. The Labute approximate surface area is 113 Å². The van der Waals surface area contributed by atoms with Crippen LogP contribution in [0, 0.1) is 0 Å². The quantitative estimate of drug-likeness (QED) is 0.849. The van der Waals surface area contributed by atoms with Gasteiger partial charge in [-0.25, -0.2) is 0 Å². The second-order valence-electron chi connectivity index (χ2n) is 5.53. The fourth-order valence-corrected chi connectivity index (χ4v) is 1.89. The molecule has 0 saturated heterocycles. The van der Waals surface area contributed by atoms with Crippen molar-refractivity contribution in [3.63, 3.8) is 0 Å². The minimum Gasteiger partial charge on any atom is -0.508 e. The van der Waals surface area contributed by atoms with Crippen LogP contribution in [0.2, 0.25) is 0 Å². The Bertz CT molecular complexity index is 583. The minimum absolute atomic E-state index is 0.117. The summed E-state index contributed by atoms with van der Waals surface area (Å²) in [6.07, 6.45) is 0. The van der Waals surface area contributed by atoms with Crippen LogP contribution in [-0.2, 0) is 5.41 Å². The predicted octanol–water partition coefficient (Wildman–Crippen LogP) is 4.19. The molecule has 100 valence electrons. The van der Waals surface area contributed by atoms with E-state index in [9.17, 15) is 10.2 Å². The van der Waals surface area contributed by atoms with Crippen LogP contribution in [0.15, 0.2) is 42.5 Å². The van der Waals surface area contributed by atoms with E-state index in [1.807, 2.05) is 32.9 Å². The average Bonchev–Trinajstić information content (AvgIpc) is 2.27. The summed E-state index contributed by atoms with van der Waals surface area (Å²) >= 11 is 0. The highest BCUT2D eigenvalue weighted by Crippen LogP contribution is 2.34. The van der Waals surface area contributed by atoms with Crippen molar-refractivity contribution in [2.45, 2.75) is 26.2 Å². The van der Waals surface area contributed by atoms with Gasteiger partial charge in [-0.05, 0) is 29.2 Å². The maximum Gasteiger partial charge on any atom is 0.131 e. The second-order valence-corrected chi connectivity index (χ2v) is 5.53. The lowest BCUT2D eigenvalue weighted by atomic mass is 9.86. The smallest absolute Gasteiger partial charge is 0.131 e. The number of ether oxygens (including phenoxy) is 1. The summed E-state index contributed by atoms with van der Waals surface area (Å²) in [5, 5.41) is 19.4. The Morgan fingerprint density at radius 2 is 1.58 bits per heavy atom. The third-order valence-electron chi connectivity index (χ3n) is 2.83. The Morgan fingerprint density at radius 3 is 2.16 bits per heavy atom. The van der Waals surface area contributed by atoms with Gasteiger partial charge in [-0.1, -0.05) is 32.9 Å². The van der Waals surface area contributed by atoms with Crippen LogP contribution in [0.5, 0.6) is 23.0 Å². The number of hydrogen-bond donors (Lipinski definition) is 2. The maximum absolute atomic E-state index is 10.0. The fraction of sp³-hybridized carbons (Fsp3) is 0.250. The molecule has 2 aromatic rings. The van der Waals surface area contributed by atoms with Crippen LogP contribution in [0.3, 0.4) is 0 Å². The van der Waals surface area contributed by atoms with E-state index in [1.54, 1.807) is 24.3 Å². The van der Waals surface area contributed by atoms with Crippen molar-refractivity contribution < 1.29 is 14.9 Å². The molecule has 0 aromatic heterocycles. The molecular weight excluding hydrogens is 240 g/mol. The van der Waals surface area contributed by atoms with Crippen LogP contribution < -0.4 is 4.74 Å². The van der Waals surface area contributed by atoms with Crippen molar-refractivity contribution in [1.29, 1.82) is 0 Å². The standard InChI is InChI=1S/C16H18O3/c1-16(2,3)14-8-7-13(10-15(14)18)19-12-6-4-5-11(17)9-12/h4-10,17-18H,1-3H3. The SMILES string of the molecule is CC(C)(C)c1ccc(Oc2cccc(O)c2)cc1O. The predicted molar refractivity (Wildman–Crippen MR) is 75.0 cm³/mol. The lowest BCUT2D eigenvalue weighted by Crippen LogP contribution is -2.11. The van der Waals surface area contributed by atoms with E-state index >= 15 is 0 Å². The van der Waals surface area contributed by atoms with E-state index in [2.05, 4.69) is 0 Å². The van der Waals surface area contributed by atoms with Gasteiger partial charge in [-0.3, -0.25) is 0 Å². The average molecular weight is 258 g/mol. The number of benzene rings is 2. The summed E-state index contributed by atoms with van der Waals surface area (Å²) in [6, 6.07) is 11.8. The van der Waals surface area contributed by atoms with Crippen molar-refractivity contribution in [2.24, 2.45) is 0 Å². The highest BCUT2D eigenvalue weighted by molar-refractivity contribution is 5.45. The number of rotatable bonds is 2. The molecule has 0 aliphatic rings. The summed E-state index contributed by atoms with van der Waals surface area (Å²) < 4.78 is 5.59. The lowest BCUT2D eigenvalue weighted by molar-refractivity contribution is 0.432. The molecule has 2 N–H and O–H groups in total. The van der Waals surface area contributed by atoms with Crippen molar-refractivity contribution in [3.8, 4) is 23.0 Å². The number of phenolic OH excluding ortho intramolecular Hbond substituents is 2. The zero-order chi connectivity index (χ0) is 14.0. The molecule has 0 spiro atoms. The molecule has 0 radical (unpaired) electrons. The van der Waals surface area contributed by atoms with E-state index in [1.165, 1.54) is 6.07 Å². The molecule has 0 aliphatic heterocycles. The highest BCUT2D eigenvalue weighted by Gasteiger charge is 2.18. The van der Waals surface area contributed by atoms with E-state index in [4.69, 9.17) is 4.74 Å². The zero-order valence-electron chi connectivity index (χ0n) is 11.3. The molecule has 0 atom stereocenters. The molecular formula is C16H18O3. The van der Waals surface area contributed by atoms with Gasteiger partial charge in [0, 0.05) is 12.1 Å². The normalized spacial score (nSPS) is 11.3.